The molecule has 104 valence electrons. The lowest BCUT2D eigenvalue weighted by Gasteiger charge is -2.19. The van der Waals surface area contributed by atoms with Gasteiger partial charge >= 0.3 is 0 Å². The molecule has 5 nitrogen and oxygen atoms in total. The Morgan fingerprint density at radius 3 is 2.63 bits per heavy atom. The third-order valence-corrected chi connectivity index (χ3v) is 4.70. The molecule has 1 aromatic carbocycles. The van der Waals surface area contributed by atoms with Crippen LogP contribution in [-0.2, 0) is 10.0 Å². The minimum absolute atomic E-state index is 0.0426. The number of anilines is 1. The Kier molecular flexibility index (Phi) is 4.50. The van der Waals surface area contributed by atoms with Crippen LogP contribution in [0.2, 0.25) is 0 Å². The van der Waals surface area contributed by atoms with Crippen molar-refractivity contribution < 1.29 is 12.8 Å². The zero-order valence-electron chi connectivity index (χ0n) is 11.0. The third kappa shape index (κ3) is 3.22. The van der Waals surface area contributed by atoms with Crippen molar-refractivity contribution in [3.63, 3.8) is 0 Å². The molecule has 0 aliphatic rings. The molecule has 19 heavy (non-hydrogen) atoms. The van der Waals surface area contributed by atoms with Gasteiger partial charge in [-0.1, -0.05) is 0 Å². The van der Waals surface area contributed by atoms with E-state index in [1.165, 1.54) is 14.0 Å². The molecule has 0 aliphatic heterocycles. The lowest BCUT2D eigenvalue weighted by Crippen LogP contribution is -2.31. The highest BCUT2D eigenvalue weighted by molar-refractivity contribution is 7.89. The molecule has 0 fully saturated rings. The number of nitriles is 1. The van der Waals surface area contributed by atoms with Crippen LogP contribution >= 0.6 is 0 Å². The van der Waals surface area contributed by atoms with E-state index in [1.54, 1.807) is 6.92 Å². The van der Waals surface area contributed by atoms with Crippen molar-refractivity contribution in [1.29, 1.82) is 5.26 Å². The molecule has 0 saturated heterocycles. The molecule has 1 atom stereocenters. The molecule has 0 heterocycles. The Hall–Kier alpha value is -1.65. The number of hydrogen-bond acceptors (Lipinski definition) is 4. The maximum Gasteiger partial charge on any atom is 0.243 e. The van der Waals surface area contributed by atoms with Crippen LogP contribution in [0.5, 0.6) is 0 Å². The van der Waals surface area contributed by atoms with E-state index in [0.29, 0.717) is 0 Å². The molecule has 2 N–H and O–H groups in total. The summed E-state index contributed by atoms with van der Waals surface area (Å²) >= 11 is 0. The molecule has 0 saturated carbocycles. The van der Waals surface area contributed by atoms with Gasteiger partial charge in [-0.2, -0.15) is 9.57 Å². The second-order valence-electron chi connectivity index (χ2n) is 4.45. The highest BCUT2D eigenvalue weighted by Gasteiger charge is 2.25. The van der Waals surface area contributed by atoms with E-state index >= 15 is 0 Å². The summed E-state index contributed by atoms with van der Waals surface area (Å²) in [6, 6.07) is 4.16. The number of nitrogens with zero attached hydrogens (tertiary/aromatic N) is 2. The van der Waals surface area contributed by atoms with E-state index in [4.69, 9.17) is 11.0 Å². The smallest absolute Gasteiger partial charge is 0.243 e. The monoisotopic (exact) mass is 285 g/mol. The van der Waals surface area contributed by atoms with E-state index in [9.17, 15) is 12.8 Å². The first-order valence-corrected chi connectivity index (χ1v) is 7.05. The van der Waals surface area contributed by atoms with Crippen LogP contribution in [0.1, 0.15) is 12.5 Å². The summed E-state index contributed by atoms with van der Waals surface area (Å²) in [4.78, 5) is -0.0426. The molecule has 0 amide bonds. The maximum atomic E-state index is 13.2. The van der Waals surface area contributed by atoms with Gasteiger partial charge < -0.3 is 5.73 Å². The van der Waals surface area contributed by atoms with Crippen LogP contribution in [0.4, 0.5) is 10.1 Å². The number of benzene rings is 1. The van der Waals surface area contributed by atoms with E-state index in [1.807, 2.05) is 6.07 Å². The first-order chi connectivity index (χ1) is 8.70. The average molecular weight is 285 g/mol. The molecule has 0 radical (unpaired) electrons. The van der Waals surface area contributed by atoms with Crippen molar-refractivity contribution in [3.05, 3.63) is 23.5 Å². The predicted molar refractivity (Wildman–Crippen MR) is 70.1 cm³/mol. The fourth-order valence-electron chi connectivity index (χ4n) is 1.64. The fraction of sp³-hybridized carbons (Fsp3) is 0.417. The Morgan fingerprint density at radius 2 is 2.11 bits per heavy atom. The Labute approximate surface area is 112 Å². The highest BCUT2D eigenvalue weighted by atomic mass is 32.2. The molecular weight excluding hydrogens is 269 g/mol. The normalized spacial score (nSPS) is 13.3. The summed E-state index contributed by atoms with van der Waals surface area (Å²) in [6.45, 7) is 3.18. The number of aryl methyl sites for hydroxylation is 1. The van der Waals surface area contributed by atoms with Gasteiger partial charge in [0.1, 0.15) is 5.82 Å². The molecule has 0 aliphatic carbocycles. The highest BCUT2D eigenvalue weighted by Crippen LogP contribution is 2.24. The first kappa shape index (κ1) is 15.4. The zero-order chi connectivity index (χ0) is 14.8. The topological polar surface area (TPSA) is 87.2 Å². The third-order valence-electron chi connectivity index (χ3n) is 2.73. The Bertz CT molecular complexity index is 623. The lowest BCUT2D eigenvalue weighted by atomic mass is 10.2. The van der Waals surface area contributed by atoms with Crippen LogP contribution in [0.15, 0.2) is 17.0 Å². The van der Waals surface area contributed by atoms with E-state index < -0.39 is 21.8 Å². The predicted octanol–water partition coefficient (Wildman–Crippen LogP) is 1.50. The number of halogens is 1. The van der Waals surface area contributed by atoms with Gasteiger partial charge in [0.25, 0.3) is 0 Å². The molecule has 1 rings (SSSR count). The second kappa shape index (κ2) is 5.55. The van der Waals surface area contributed by atoms with Gasteiger partial charge in [-0.25, -0.2) is 12.8 Å². The van der Waals surface area contributed by atoms with Gasteiger partial charge in [0, 0.05) is 13.6 Å². The van der Waals surface area contributed by atoms with Crippen molar-refractivity contribution in [2.24, 2.45) is 5.92 Å². The SMILES string of the molecule is Cc1cc(F)c(N)cc1S(=O)(=O)N(C)CC(C)C#N. The molecule has 7 heteroatoms. The van der Waals surface area contributed by atoms with Crippen molar-refractivity contribution in [3.8, 4) is 6.07 Å². The lowest BCUT2D eigenvalue weighted by molar-refractivity contribution is 0.438. The summed E-state index contributed by atoms with van der Waals surface area (Å²) in [7, 11) is -2.40. The average Bonchev–Trinajstić information content (AvgIpc) is 2.33. The summed E-state index contributed by atoms with van der Waals surface area (Å²) in [5, 5.41) is 8.71. The van der Waals surface area contributed by atoms with E-state index in [-0.39, 0.29) is 22.7 Å². The zero-order valence-corrected chi connectivity index (χ0v) is 11.8. The minimum atomic E-state index is -3.78. The van der Waals surface area contributed by atoms with E-state index in [2.05, 4.69) is 0 Å². The largest absolute Gasteiger partial charge is 0.396 e. The van der Waals surface area contributed by atoms with Crippen LogP contribution < -0.4 is 5.73 Å². The van der Waals surface area contributed by atoms with Crippen molar-refractivity contribution in [2.45, 2.75) is 18.7 Å². The first-order valence-electron chi connectivity index (χ1n) is 5.61. The van der Waals surface area contributed by atoms with Gasteiger partial charge in [0.05, 0.1) is 22.6 Å². The van der Waals surface area contributed by atoms with Gasteiger partial charge in [0.15, 0.2) is 0 Å². The molecule has 1 unspecified atom stereocenters. The minimum Gasteiger partial charge on any atom is -0.396 e. The van der Waals surface area contributed by atoms with Crippen molar-refractivity contribution in [2.75, 3.05) is 19.3 Å². The van der Waals surface area contributed by atoms with Crippen LogP contribution in [0, 0.1) is 30.0 Å². The Balaban J connectivity index is 3.21. The van der Waals surface area contributed by atoms with Gasteiger partial charge in [-0.15, -0.1) is 0 Å². The molecule has 0 spiro atoms. The quantitative estimate of drug-likeness (QED) is 0.849. The Morgan fingerprint density at radius 1 is 1.53 bits per heavy atom. The number of sulfonamides is 1. The summed E-state index contributed by atoms with van der Waals surface area (Å²) < 4.78 is 38.9. The van der Waals surface area contributed by atoms with Crippen LogP contribution in [0.25, 0.3) is 0 Å². The summed E-state index contributed by atoms with van der Waals surface area (Å²) in [5.74, 6) is -1.08. The maximum absolute atomic E-state index is 13.2. The van der Waals surface area contributed by atoms with Gasteiger partial charge in [-0.3, -0.25) is 0 Å². The number of nitrogens with two attached hydrogens (primary N) is 1. The van der Waals surface area contributed by atoms with Crippen LogP contribution in [0.3, 0.4) is 0 Å². The van der Waals surface area contributed by atoms with Gasteiger partial charge in [-0.05, 0) is 31.5 Å². The van der Waals surface area contributed by atoms with E-state index in [0.717, 1.165) is 16.4 Å². The standard InChI is InChI=1S/C12H16FN3O2S/c1-8(6-14)7-16(3)19(17,18)12-5-11(15)10(13)4-9(12)2/h4-5,8H,7,15H2,1-3H3. The fourth-order valence-corrected chi connectivity index (χ4v) is 3.14. The van der Waals surface area contributed by atoms with Crippen molar-refractivity contribution in [1.82, 2.24) is 4.31 Å². The summed E-state index contributed by atoms with van der Waals surface area (Å²) in [5.41, 5.74) is 5.47. The molecule has 0 aromatic heterocycles. The van der Waals surface area contributed by atoms with Gasteiger partial charge in [0.2, 0.25) is 10.0 Å². The molecular formula is C12H16FN3O2S. The number of hydrogen-bond donors (Lipinski definition) is 1. The number of nitrogen functional groups attached to an aromatic ring is 1. The molecule has 1 aromatic rings. The summed E-state index contributed by atoms with van der Waals surface area (Å²) in [6.07, 6.45) is 0. The van der Waals surface area contributed by atoms with Crippen LogP contribution in [-0.4, -0.2) is 26.3 Å². The van der Waals surface area contributed by atoms with Crippen molar-refractivity contribution >= 4 is 15.7 Å². The second-order valence-corrected chi connectivity index (χ2v) is 6.47. The molecule has 0 bridgehead atoms. The number of rotatable bonds is 4.